The van der Waals surface area contributed by atoms with E-state index in [9.17, 15) is 13.2 Å². The van der Waals surface area contributed by atoms with Gasteiger partial charge in [0.1, 0.15) is 11.4 Å². The maximum absolute atomic E-state index is 13.1. The van der Waals surface area contributed by atoms with Crippen LogP contribution in [0.25, 0.3) is 0 Å². The third kappa shape index (κ3) is 4.37. The molecule has 0 aromatic carbocycles. The van der Waals surface area contributed by atoms with Crippen molar-refractivity contribution in [3.63, 3.8) is 0 Å². The lowest BCUT2D eigenvalue weighted by Gasteiger charge is -2.29. The van der Waals surface area contributed by atoms with E-state index in [2.05, 4.69) is 17.3 Å². The summed E-state index contributed by atoms with van der Waals surface area (Å²) < 4.78 is 29.2. The van der Waals surface area contributed by atoms with Gasteiger partial charge in [-0.1, -0.05) is 26.2 Å². The van der Waals surface area contributed by atoms with Crippen LogP contribution in [0, 0.1) is 19.8 Å². The van der Waals surface area contributed by atoms with Crippen LogP contribution in [-0.2, 0) is 21.4 Å². The van der Waals surface area contributed by atoms with Crippen molar-refractivity contribution in [1.29, 1.82) is 0 Å². The van der Waals surface area contributed by atoms with Crippen molar-refractivity contribution in [3.8, 4) is 0 Å². The summed E-state index contributed by atoms with van der Waals surface area (Å²) in [7, 11) is -3.56. The molecule has 1 saturated heterocycles. The highest BCUT2D eigenvalue weighted by Crippen LogP contribution is 2.26. The maximum Gasteiger partial charge on any atom is 0.246 e. The van der Waals surface area contributed by atoms with Gasteiger partial charge in [0, 0.05) is 19.1 Å². The molecular weight excluding hydrogens is 364 g/mol. The Morgan fingerprint density at radius 1 is 1.11 bits per heavy atom. The fourth-order valence-electron chi connectivity index (χ4n) is 4.36. The molecule has 152 valence electrons. The van der Waals surface area contributed by atoms with Gasteiger partial charge in [0.2, 0.25) is 15.9 Å². The Morgan fingerprint density at radius 3 is 2.44 bits per heavy atom. The number of piperidine rings is 1. The first kappa shape index (κ1) is 20.3. The molecule has 2 aliphatic rings. The summed E-state index contributed by atoms with van der Waals surface area (Å²) in [6.07, 6.45) is 7.39. The van der Waals surface area contributed by atoms with Crippen LogP contribution >= 0.6 is 0 Å². The van der Waals surface area contributed by atoms with Crippen molar-refractivity contribution < 1.29 is 13.2 Å². The molecule has 1 amide bonds. The number of amides is 1. The molecule has 8 heteroatoms. The Bertz CT molecular complexity index is 781. The van der Waals surface area contributed by atoms with Crippen LogP contribution in [0.5, 0.6) is 0 Å². The van der Waals surface area contributed by atoms with Gasteiger partial charge in [0.05, 0.1) is 11.4 Å². The number of carbonyl (C=O) groups excluding carboxylic acids is 1. The van der Waals surface area contributed by atoms with Crippen molar-refractivity contribution >= 4 is 15.9 Å². The third-order valence-electron chi connectivity index (χ3n) is 5.98. The number of aryl methyl sites for hydroxylation is 1. The average molecular weight is 397 g/mol. The molecule has 0 unspecified atom stereocenters. The molecule has 1 saturated carbocycles. The summed E-state index contributed by atoms with van der Waals surface area (Å²) in [6, 6.07) is 0.208. The van der Waals surface area contributed by atoms with E-state index in [-0.39, 0.29) is 23.4 Å². The van der Waals surface area contributed by atoms with Gasteiger partial charge in [-0.15, -0.1) is 0 Å². The van der Waals surface area contributed by atoms with Gasteiger partial charge in [-0.25, -0.2) is 8.42 Å². The molecule has 0 bridgehead atoms. The summed E-state index contributed by atoms with van der Waals surface area (Å²) in [5, 5.41) is 7.49. The first-order valence-corrected chi connectivity index (χ1v) is 11.6. The zero-order valence-corrected chi connectivity index (χ0v) is 17.5. The fraction of sp³-hybridized carbons (Fsp3) is 0.789. The first-order chi connectivity index (χ1) is 12.8. The van der Waals surface area contributed by atoms with Crippen LogP contribution in [0.4, 0.5) is 0 Å². The predicted molar refractivity (Wildman–Crippen MR) is 104 cm³/mol. The second-order valence-electron chi connectivity index (χ2n) is 8.06. The highest BCUT2D eigenvalue weighted by Gasteiger charge is 2.32. The number of aromatic nitrogens is 2. The van der Waals surface area contributed by atoms with Gasteiger partial charge in [0.25, 0.3) is 0 Å². The van der Waals surface area contributed by atoms with Crippen molar-refractivity contribution in [2.75, 3.05) is 13.1 Å². The second kappa shape index (κ2) is 8.31. The molecule has 2 heterocycles. The smallest absolute Gasteiger partial charge is 0.246 e. The molecule has 1 aliphatic carbocycles. The lowest BCUT2D eigenvalue weighted by atomic mass is 9.86. The predicted octanol–water partition coefficient (Wildman–Crippen LogP) is 2.37. The van der Waals surface area contributed by atoms with Crippen LogP contribution in [0.1, 0.15) is 63.3 Å². The quantitative estimate of drug-likeness (QED) is 0.828. The van der Waals surface area contributed by atoms with Crippen LogP contribution in [0.15, 0.2) is 4.90 Å². The monoisotopic (exact) mass is 396 g/mol. The van der Waals surface area contributed by atoms with Crippen LogP contribution < -0.4 is 5.32 Å². The minimum Gasteiger partial charge on any atom is -0.351 e. The zero-order valence-electron chi connectivity index (χ0n) is 16.7. The molecule has 2 atom stereocenters. The molecule has 2 fully saturated rings. The van der Waals surface area contributed by atoms with Crippen molar-refractivity contribution in [1.82, 2.24) is 19.4 Å². The minimum absolute atomic E-state index is 0.0609. The number of nitrogens with one attached hydrogen (secondary N) is 1. The van der Waals surface area contributed by atoms with Gasteiger partial charge in [0.15, 0.2) is 0 Å². The molecule has 0 spiro atoms. The van der Waals surface area contributed by atoms with Gasteiger partial charge >= 0.3 is 0 Å². The lowest BCUT2D eigenvalue weighted by molar-refractivity contribution is -0.123. The van der Waals surface area contributed by atoms with E-state index < -0.39 is 10.0 Å². The summed E-state index contributed by atoms with van der Waals surface area (Å²) >= 11 is 0. The van der Waals surface area contributed by atoms with Gasteiger partial charge in [-0.05, 0) is 45.4 Å². The average Bonchev–Trinajstić information content (AvgIpc) is 2.91. The Labute approximate surface area is 162 Å². The summed E-state index contributed by atoms with van der Waals surface area (Å²) in [5.74, 6) is 0.388. The van der Waals surface area contributed by atoms with E-state index in [0.29, 0.717) is 30.4 Å². The molecule has 1 aromatic heterocycles. The van der Waals surface area contributed by atoms with E-state index in [0.717, 1.165) is 38.5 Å². The van der Waals surface area contributed by atoms with Gasteiger partial charge in [-0.2, -0.15) is 9.40 Å². The van der Waals surface area contributed by atoms with Crippen molar-refractivity contribution in [3.05, 3.63) is 11.4 Å². The Kier molecular flexibility index (Phi) is 6.25. The van der Waals surface area contributed by atoms with E-state index in [1.54, 1.807) is 18.2 Å². The standard InChI is InChI=1S/C19H32N4O3S/c1-14-9-5-6-10-17(14)20-18(24)13-23-16(3)19(15(2)21-23)27(25,26)22-11-7-4-8-12-22/h14,17H,4-13H2,1-3H3,(H,20,24)/t14-,17-/m0/s1. The van der Waals surface area contributed by atoms with E-state index in [1.807, 2.05) is 0 Å². The topological polar surface area (TPSA) is 84.3 Å². The molecular formula is C19H32N4O3S. The van der Waals surface area contributed by atoms with E-state index in [1.165, 1.54) is 11.1 Å². The lowest BCUT2D eigenvalue weighted by Crippen LogP contribution is -2.42. The molecule has 3 rings (SSSR count). The summed E-state index contributed by atoms with van der Waals surface area (Å²) in [5.41, 5.74) is 1.02. The Balaban J connectivity index is 1.74. The molecule has 27 heavy (non-hydrogen) atoms. The number of hydrogen-bond donors (Lipinski definition) is 1. The molecule has 0 radical (unpaired) electrons. The Morgan fingerprint density at radius 2 is 1.78 bits per heavy atom. The van der Waals surface area contributed by atoms with E-state index >= 15 is 0 Å². The second-order valence-corrected chi connectivity index (χ2v) is 9.93. The zero-order chi connectivity index (χ0) is 19.6. The van der Waals surface area contributed by atoms with Gasteiger partial charge in [-0.3, -0.25) is 9.48 Å². The maximum atomic E-state index is 13.1. The van der Waals surface area contributed by atoms with Crippen LogP contribution in [-0.4, -0.2) is 47.5 Å². The number of sulfonamides is 1. The SMILES string of the molecule is Cc1nn(CC(=O)N[C@H]2CCCC[C@@H]2C)c(C)c1S(=O)(=O)N1CCCCC1. The number of carbonyl (C=O) groups is 1. The third-order valence-corrected chi connectivity index (χ3v) is 8.13. The molecule has 7 nitrogen and oxygen atoms in total. The van der Waals surface area contributed by atoms with Gasteiger partial charge < -0.3 is 5.32 Å². The normalized spacial score (nSPS) is 24.7. The fourth-order valence-corrected chi connectivity index (χ4v) is 6.25. The number of hydrogen-bond acceptors (Lipinski definition) is 4. The number of rotatable bonds is 5. The van der Waals surface area contributed by atoms with Crippen LogP contribution in [0.3, 0.4) is 0 Å². The first-order valence-electron chi connectivity index (χ1n) is 10.1. The highest BCUT2D eigenvalue weighted by molar-refractivity contribution is 7.89. The molecule has 1 aliphatic heterocycles. The summed E-state index contributed by atoms with van der Waals surface area (Å²) in [6.45, 7) is 6.82. The van der Waals surface area contributed by atoms with Crippen LogP contribution in [0.2, 0.25) is 0 Å². The molecule has 1 N–H and O–H groups in total. The highest BCUT2D eigenvalue weighted by atomic mass is 32.2. The van der Waals surface area contributed by atoms with Crippen molar-refractivity contribution in [2.45, 2.75) is 83.2 Å². The Hall–Kier alpha value is -1.41. The number of nitrogens with zero attached hydrogens (tertiary/aromatic N) is 3. The largest absolute Gasteiger partial charge is 0.351 e. The van der Waals surface area contributed by atoms with Crippen molar-refractivity contribution in [2.24, 2.45) is 5.92 Å². The minimum atomic E-state index is -3.56. The summed E-state index contributed by atoms with van der Waals surface area (Å²) in [4.78, 5) is 12.8. The molecule has 1 aromatic rings. The van der Waals surface area contributed by atoms with E-state index in [4.69, 9.17) is 0 Å².